The van der Waals surface area contributed by atoms with Crippen molar-refractivity contribution in [2.75, 3.05) is 7.05 Å². The Balaban J connectivity index is 1.70. The third-order valence-electron chi connectivity index (χ3n) is 6.25. The molecule has 1 saturated heterocycles. The van der Waals surface area contributed by atoms with Crippen molar-refractivity contribution >= 4 is 17.9 Å². The maximum atomic E-state index is 14.2. The number of benzene rings is 1. The van der Waals surface area contributed by atoms with E-state index in [-0.39, 0.29) is 18.5 Å². The van der Waals surface area contributed by atoms with Gasteiger partial charge in [0.15, 0.2) is 12.2 Å². The Morgan fingerprint density at radius 1 is 1.17 bits per heavy atom. The molecule has 3 aliphatic heterocycles. The molecule has 1 fully saturated rings. The van der Waals surface area contributed by atoms with Crippen LogP contribution in [0.3, 0.4) is 0 Å². The molecule has 0 saturated carbocycles. The highest BCUT2D eigenvalue weighted by Crippen LogP contribution is 2.39. The molecular formula is C21H26FN5O2. The van der Waals surface area contributed by atoms with Gasteiger partial charge < -0.3 is 9.80 Å². The summed E-state index contributed by atoms with van der Waals surface area (Å²) in [5.74, 6) is -0.0689. The number of hydrogen-bond acceptors (Lipinski definition) is 5. The summed E-state index contributed by atoms with van der Waals surface area (Å²) in [7, 11) is 1.65. The fourth-order valence-electron chi connectivity index (χ4n) is 4.29. The molecule has 3 heterocycles. The summed E-state index contributed by atoms with van der Waals surface area (Å²) in [5, 5.41) is 0. The van der Waals surface area contributed by atoms with Gasteiger partial charge in [-0.25, -0.2) is 14.2 Å². The number of amides is 3. The van der Waals surface area contributed by atoms with Gasteiger partial charge in [-0.3, -0.25) is 14.6 Å². The molecule has 0 radical (unpaired) electrons. The lowest BCUT2D eigenvalue weighted by molar-refractivity contribution is -0.137. The number of imide groups is 1. The minimum atomic E-state index is -0.636. The van der Waals surface area contributed by atoms with Gasteiger partial charge in [0, 0.05) is 30.0 Å². The second kappa shape index (κ2) is 6.86. The average molecular weight is 399 g/mol. The summed E-state index contributed by atoms with van der Waals surface area (Å²) >= 11 is 0. The number of urea groups is 1. The first kappa shape index (κ1) is 19.4. The molecular weight excluding hydrogens is 373 g/mol. The summed E-state index contributed by atoms with van der Waals surface area (Å²) in [6, 6.07) is 5.33. The van der Waals surface area contributed by atoms with E-state index in [1.807, 2.05) is 18.7 Å². The maximum Gasteiger partial charge on any atom is 0.328 e. The van der Waals surface area contributed by atoms with Gasteiger partial charge in [0.2, 0.25) is 5.96 Å². The minimum absolute atomic E-state index is 0.0993. The molecule has 3 unspecified atom stereocenters. The number of carbonyl (C=O) groups excluding carboxylic acids is 2. The van der Waals surface area contributed by atoms with Crippen LogP contribution in [0.5, 0.6) is 0 Å². The van der Waals surface area contributed by atoms with Crippen LogP contribution in [0.1, 0.15) is 39.7 Å². The second-order valence-electron chi connectivity index (χ2n) is 7.86. The first-order valence-corrected chi connectivity index (χ1v) is 9.93. The Kier molecular flexibility index (Phi) is 4.59. The van der Waals surface area contributed by atoms with Crippen molar-refractivity contribution in [3.8, 4) is 0 Å². The molecule has 3 amide bonds. The fraction of sp³-hybridized carbons (Fsp3) is 0.476. The van der Waals surface area contributed by atoms with Crippen molar-refractivity contribution in [2.45, 2.75) is 58.9 Å². The predicted molar refractivity (Wildman–Crippen MR) is 107 cm³/mol. The zero-order valence-corrected chi connectivity index (χ0v) is 17.4. The summed E-state index contributed by atoms with van der Waals surface area (Å²) in [4.78, 5) is 37.8. The van der Waals surface area contributed by atoms with Crippen molar-refractivity contribution in [1.29, 1.82) is 0 Å². The number of hydrogen-bond donors (Lipinski definition) is 0. The Hall–Kier alpha value is -2.90. The Bertz CT molecular complexity index is 943. The largest absolute Gasteiger partial charge is 0.328 e. The highest BCUT2D eigenvalue weighted by Gasteiger charge is 2.56. The van der Waals surface area contributed by atoms with Crippen LogP contribution in [-0.4, -0.2) is 62.8 Å². The van der Waals surface area contributed by atoms with E-state index in [1.165, 1.54) is 11.0 Å². The van der Waals surface area contributed by atoms with Crippen molar-refractivity contribution in [3.05, 3.63) is 47.0 Å². The minimum Gasteiger partial charge on any atom is -0.312 e. The molecule has 3 atom stereocenters. The van der Waals surface area contributed by atoms with E-state index in [0.29, 0.717) is 11.5 Å². The first-order chi connectivity index (χ1) is 13.8. The smallest absolute Gasteiger partial charge is 0.312 e. The van der Waals surface area contributed by atoms with Gasteiger partial charge in [0.25, 0.3) is 5.91 Å². The number of halogens is 1. The van der Waals surface area contributed by atoms with Gasteiger partial charge in [0.1, 0.15) is 5.82 Å². The van der Waals surface area contributed by atoms with Crippen LogP contribution in [0.4, 0.5) is 9.18 Å². The van der Waals surface area contributed by atoms with Crippen LogP contribution in [0.25, 0.3) is 0 Å². The number of fused-ring (bicyclic) bond motifs is 3. The molecule has 8 heteroatoms. The number of guanidine groups is 1. The summed E-state index contributed by atoms with van der Waals surface area (Å²) in [6.45, 7) is 8.12. The molecule has 1 aromatic carbocycles. The number of carbonyl (C=O) groups is 2. The van der Waals surface area contributed by atoms with E-state index in [0.717, 1.165) is 22.7 Å². The van der Waals surface area contributed by atoms with Crippen LogP contribution in [-0.2, 0) is 11.3 Å². The normalized spacial score (nSPS) is 25.0. The zero-order chi connectivity index (χ0) is 21.0. The van der Waals surface area contributed by atoms with Gasteiger partial charge in [0.05, 0.1) is 6.54 Å². The van der Waals surface area contributed by atoms with Crippen LogP contribution in [0.2, 0.25) is 0 Å². The summed E-state index contributed by atoms with van der Waals surface area (Å²) in [5.41, 5.74) is 2.33. The molecule has 0 spiro atoms. The maximum absolute atomic E-state index is 14.2. The zero-order valence-electron chi connectivity index (χ0n) is 17.4. The van der Waals surface area contributed by atoms with Gasteiger partial charge in [-0.1, -0.05) is 25.1 Å². The number of nitrogens with zero attached hydrogens (tertiary/aromatic N) is 5. The molecule has 29 heavy (non-hydrogen) atoms. The first-order valence-electron chi connectivity index (χ1n) is 9.93. The van der Waals surface area contributed by atoms with Crippen molar-refractivity contribution in [1.82, 2.24) is 19.6 Å². The Morgan fingerprint density at radius 2 is 1.86 bits per heavy atom. The van der Waals surface area contributed by atoms with E-state index < -0.39 is 24.1 Å². The molecule has 4 rings (SSSR count). The van der Waals surface area contributed by atoms with E-state index in [4.69, 9.17) is 4.99 Å². The third kappa shape index (κ3) is 2.73. The molecule has 1 aromatic rings. The molecule has 0 N–H and O–H groups in total. The molecule has 3 aliphatic rings. The van der Waals surface area contributed by atoms with Gasteiger partial charge in [-0.2, -0.15) is 0 Å². The summed E-state index contributed by atoms with van der Waals surface area (Å²) < 4.78 is 14.2. The molecule has 0 aromatic heterocycles. The van der Waals surface area contributed by atoms with Gasteiger partial charge in [-0.05, 0) is 33.3 Å². The molecule has 0 bridgehead atoms. The topological polar surface area (TPSA) is 59.5 Å². The monoisotopic (exact) mass is 399 g/mol. The highest BCUT2D eigenvalue weighted by atomic mass is 19.1. The average Bonchev–Trinajstić information content (AvgIpc) is 3.20. The Labute approximate surface area is 170 Å². The number of allylic oxidation sites excluding steroid dienone is 2. The lowest BCUT2D eigenvalue weighted by Gasteiger charge is -2.40. The quantitative estimate of drug-likeness (QED) is 0.781. The van der Waals surface area contributed by atoms with E-state index in [2.05, 4.69) is 18.7 Å². The van der Waals surface area contributed by atoms with E-state index in [1.54, 1.807) is 25.2 Å². The molecule has 154 valence electrons. The number of rotatable bonds is 4. The van der Waals surface area contributed by atoms with Crippen LogP contribution >= 0.6 is 0 Å². The van der Waals surface area contributed by atoms with Gasteiger partial charge >= 0.3 is 6.03 Å². The third-order valence-corrected chi connectivity index (χ3v) is 6.25. The van der Waals surface area contributed by atoms with Crippen LogP contribution in [0, 0.1) is 5.82 Å². The van der Waals surface area contributed by atoms with Crippen LogP contribution in [0.15, 0.2) is 40.7 Å². The molecule has 7 nitrogen and oxygen atoms in total. The summed E-state index contributed by atoms with van der Waals surface area (Å²) in [6.07, 6.45) is 0.339. The van der Waals surface area contributed by atoms with Crippen LogP contribution < -0.4 is 0 Å². The van der Waals surface area contributed by atoms with E-state index in [9.17, 15) is 14.0 Å². The van der Waals surface area contributed by atoms with Crippen molar-refractivity contribution in [2.24, 2.45) is 4.99 Å². The lowest BCUT2D eigenvalue weighted by Crippen LogP contribution is -2.64. The lowest BCUT2D eigenvalue weighted by atomic mass is 10.1. The fourth-order valence-corrected chi connectivity index (χ4v) is 4.29. The second-order valence-corrected chi connectivity index (χ2v) is 7.86. The highest BCUT2D eigenvalue weighted by molar-refractivity contribution is 6.05. The Morgan fingerprint density at radius 3 is 2.52 bits per heavy atom. The number of likely N-dealkylation sites (N-methyl/N-ethyl adjacent to an activating group) is 1. The molecule has 0 aliphatic carbocycles. The van der Waals surface area contributed by atoms with Gasteiger partial charge in [-0.15, -0.1) is 0 Å². The predicted octanol–water partition coefficient (Wildman–Crippen LogP) is 2.95. The van der Waals surface area contributed by atoms with E-state index >= 15 is 0 Å². The van der Waals surface area contributed by atoms with Crippen molar-refractivity contribution < 1.29 is 14.0 Å². The SMILES string of the molecule is CCC(C)N1C2=NC3C(C(=O)N(Cc4ccccc4F)C(=O)N3C)N2C(C)=C1C. The standard InChI is InChI=1S/C21H26FN5O2/c1-6-12(2)26-13(3)14(4)27-17-18(23-20(26)27)24(5)21(29)25(19(17)28)11-15-9-7-8-10-16(15)22/h7-10,12,17-18H,6,11H2,1-5H3. The number of aliphatic imine (C=N–C) groups is 1. The van der Waals surface area contributed by atoms with Crippen molar-refractivity contribution in [3.63, 3.8) is 0 Å².